The van der Waals surface area contributed by atoms with Crippen molar-refractivity contribution in [3.63, 3.8) is 0 Å². The maximum Gasteiger partial charge on any atom is 0.316 e. The summed E-state index contributed by atoms with van der Waals surface area (Å²) in [5, 5.41) is 2.82. The predicted molar refractivity (Wildman–Crippen MR) is 101 cm³/mol. The van der Waals surface area contributed by atoms with Gasteiger partial charge in [0.2, 0.25) is 0 Å². The lowest BCUT2D eigenvalue weighted by molar-refractivity contribution is -0.146. The number of ether oxygens (including phenoxy) is 1. The van der Waals surface area contributed by atoms with Gasteiger partial charge in [-0.05, 0) is 25.0 Å². The SMILES string of the molecule is Cc1ccc(CSCC(=O)OCC(=O)N[C@@H](C)c2ccccc2)cc1. The maximum absolute atomic E-state index is 11.9. The van der Waals surface area contributed by atoms with Gasteiger partial charge in [-0.2, -0.15) is 0 Å². The van der Waals surface area contributed by atoms with Crippen molar-refractivity contribution in [3.05, 3.63) is 71.3 Å². The van der Waals surface area contributed by atoms with Crippen molar-refractivity contribution in [3.8, 4) is 0 Å². The first-order chi connectivity index (χ1) is 12.0. The van der Waals surface area contributed by atoms with Gasteiger partial charge >= 0.3 is 5.97 Å². The molecule has 2 rings (SSSR count). The average molecular weight is 357 g/mol. The minimum absolute atomic E-state index is 0.122. The Morgan fingerprint density at radius 2 is 1.76 bits per heavy atom. The number of benzene rings is 2. The number of nitrogens with one attached hydrogen (secondary N) is 1. The van der Waals surface area contributed by atoms with Gasteiger partial charge in [0.15, 0.2) is 6.61 Å². The van der Waals surface area contributed by atoms with Gasteiger partial charge in [0, 0.05) is 5.75 Å². The Morgan fingerprint density at radius 1 is 1.08 bits per heavy atom. The molecule has 0 unspecified atom stereocenters. The minimum atomic E-state index is -0.375. The van der Waals surface area contributed by atoms with Crippen LogP contribution in [0.3, 0.4) is 0 Å². The van der Waals surface area contributed by atoms with Crippen LogP contribution in [0.1, 0.15) is 29.7 Å². The molecule has 1 atom stereocenters. The summed E-state index contributed by atoms with van der Waals surface area (Å²) in [5.74, 6) is 0.301. The molecule has 0 saturated heterocycles. The molecule has 0 aliphatic rings. The Labute approximate surface area is 153 Å². The van der Waals surface area contributed by atoms with E-state index in [0.717, 1.165) is 16.9 Å². The molecule has 0 radical (unpaired) electrons. The highest BCUT2D eigenvalue weighted by Gasteiger charge is 2.11. The van der Waals surface area contributed by atoms with Crippen molar-refractivity contribution in [2.45, 2.75) is 25.6 Å². The second-order valence-corrected chi connectivity index (χ2v) is 6.82. The fourth-order valence-corrected chi connectivity index (χ4v) is 3.01. The molecule has 0 aromatic heterocycles. The molecule has 0 bridgehead atoms. The van der Waals surface area contributed by atoms with E-state index in [4.69, 9.17) is 4.74 Å². The Bertz CT molecular complexity index is 686. The molecule has 0 heterocycles. The predicted octanol–water partition coefficient (Wildman–Crippen LogP) is 3.65. The van der Waals surface area contributed by atoms with Gasteiger partial charge in [0.05, 0.1) is 11.8 Å². The number of hydrogen-bond acceptors (Lipinski definition) is 4. The molecule has 2 aromatic carbocycles. The van der Waals surface area contributed by atoms with Crippen molar-refractivity contribution in [2.75, 3.05) is 12.4 Å². The highest BCUT2D eigenvalue weighted by Crippen LogP contribution is 2.13. The number of thioether (sulfide) groups is 1. The maximum atomic E-state index is 11.9. The van der Waals surface area contributed by atoms with Crippen molar-refractivity contribution in [2.24, 2.45) is 0 Å². The summed E-state index contributed by atoms with van der Waals surface area (Å²) in [5.41, 5.74) is 3.39. The monoisotopic (exact) mass is 357 g/mol. The molecular formula is C20H23NO3S. The molecule has 132 valence electrons. The van der Waals surface area contributed by atoms with E-state index in [1.54, 1.807) is 0 Å². The second-order valence-electron chi connectivity index (χ2n) is 5.84. The molecule has 0 saturated carbocycles. The quantitative estimate of drug-likeness (QED) is 0.733. The van der Waals surface area contributed by atoms with Crippen LogP contribution in [-0.2, 0) is 20.1 Å². The largest absolute Gasteiger partial charge is 0.455 e. The summed E-state index contributed by atoms with van der Waals surface area (Å²) in [4.78, 5) is 23.6. The number of aryl methyl sites for hydroxylation is 1. The summed E-state index contributed by atoms with van der Waals surface area (Å²) in [6, 6.07) is 17.7. The zero-order valence-electron chi connectivity index (χ0n) is 14.5. The lowest BCUT2D eigenvalue weighted by Gasteiger charge is -2.14. The first-order valence-electron chi connectivity index (χ1n) is 8.18. The summed E-state index contributed by atoms with van der Waals surface area (Å²) in [6.45, 7) is 3.69. The molecule has 0 spiro atoms. The molecule has 0 aliphatic heterocycles. The molecule has 1 N–H and O–H groups in total. The number of hydrogen-bond donors (Lipinski definition) is 1. The van der Waals surface area contributed by atoms with Gasteiger partial charge in [-0.3, -0.25) is 9.59 Å². The van der Waals surface area contributed by atoms with E-state index in [9.17, 15) is 9.59 Å². The van der Waals surface area contributed by atoms with Crippen LogP contribution in [0.4, 0.5) is 0 Å². The number of amides is 1. The van der Waals surface area contributed by atoms with E-state index in [1.165, 1.54) is 17.3 Å². The first-order valence-corrected chi connectivity index (χ1v) is 9.33. The molecule has 5 heteroatoms. The van der Waals surface area contributed by atoms with Crippen LogP contribution in [0.5, 0.6) is 0 Å². The van der Waals surface area contributed by atoms with E-state index in [1.807, 2.05) is 68.4 Å². The minimum Gasteiger partial charge on any atom is -0.455 e. The normalized spacial score (nSPS) is 11.6. The van der Waals surface area contributed by atoms with Crippen molar-refractivity contribution < 1.29 is 14.3 Å². The second kappa shape index (κ2) is 9.89. The smallest absolute Gasteiger partial charge is 0.316 e. The number of carbonyl (C=O) groups excluding carboxylic acids is 2. The summed E-state index contributed by atoms with van der Waals surface area (Å²) < 4.78 is 5.03. The Hall–Kier alpha value is -2.27. The fraction of sp³-hybridized carbons (Fsp3) is 0.300. The standard InChI is InChI=1S/C20H23NO3S/c1-15-8-10-17(11-9-15)13-25-14-20(23)24-12-19(22)21-16(2)18-6-4-3-5-7-18/h3-11,16H,12-14H2,1-2H3,(H,21,22)/t16-/m0/s1. The lowest BCUT2D eigenvalue weighted by atomic mass is 10.1. The number of rotatable bonds is 8. The van der Waals surface area contributed by atoms with Crippen LogP contribution in [-0.4, -0.2) is 24.2 Å². The van der Waals surface area contributed by atoms with E-state index >= 15 is 0 Å². The lowest BCUT2D eigenvalue weighted by Crippen LogP contribution is -2.31. The van der Waals surface area contributed by atoms with Crippen molar-refractivity contribution in [1.82, 2.24) is 5.32 Å². The van der Waals surface area contributed by atoms with Crippen LogP contribution in [0, 0.1) is 6.92 Å². The third kappa shape index (κ3) is 7.01. The Morgan fingerprint density at radius 3 is 2.44 bits per heavy atom. The summed E-state index contributed by atoms with van der Waals surface area (Å²) in [6.07, 6.45) is 0. The van der Waals surface area contributed by atoms with E-state index in [-0.39, 0.29) is 30.3 Å². The van der Waals surface area contributed by atoms with E-state index in [2.05, 4.69) is 5.32 Å². The van der Waals surface area contributed by atoms with E-state index < -0.39 is 0 Å². The van der Waals surface area contributed by atoms with Gasteiger partial charge in [-0.15, -0.1) is 11.8 Å². The van der Waals surface area contributed by atoms with Gasteiger partial charge < -0.3 is 10.1 Å². The molecule has 4 nitrogen and oxygen atoms in total. The van der Waals surface area contributed by atoms with E-state index in [0.29, 0.717) is 0 Å². The highest BCUT2D eigenvalue weighted by molar-refractivity contribution is 7.99. The Kier molecular flexibility index (Phi) is 7.54. The van der Waals surface area contributed by atoms with Gasteiger partial charge in [-0.25, -0.2) is 0 Å². The zero-order valence-corrected chi connectivity index (χ0v) is 15.3. The van der Waals surface area contributed by atoms with Crippen LogP contribution in [0.25, 0.3) is 0 Å². The van der Waals surface area contributed by atoms with Gasteiger partial charge in [0.25, 0.3) is 5.91 Å². The first kappa shape index (κ1) is 19.1. The van der Waals surface area contributed by atoms with Gasteiger partial charge in [-0.1, -0.05) is 60.2 Å². The Balaban J connectivity index is 1.64. The fourth-order valence-electron chi connectivity index (χ4n) is 2.23. The number of esters is 1. The molecule has 25 heavy (non-hydrogen) atoms. The summed E-state index contributed by atoms with van der Waals surface area (Å²) in [7, 11) is 0. The number of carbonyl (C=O) groups is 2. The topological polar surface area (TPSA) is 55.4 Å². The van der Waals surface area contributed by atoms with Crippen molar-refractivity contribution in [1.29, 1.82) is 0 Å². The van der Waals surface area contributed by atoms with Crippen LogP contribution in [0.2, 0.25) is 0 Å². The molecule has 1 amide bonds. The third-order valence-electron chi connectivity index (χ3n) is 3.65. The van der Waals surface area contributed by atoms with Crippen LogP contribution >= 0.6 is 11.8 Å². The summed E-state index contributed by atoms with van der Waals surface area (Å²) >= 11 is 1.48. The molecule has 0 fully saturated rings. The zero-order chi connectivity index (χ0) is 18.1. The molecule has 2 aromatic rings. The van der Waals surface area contributed by atoms with Gasteiger partial charge in [0.1, 0.15) is 0 Å². The molecule has 0 aliphatic carbocycles. The third-order valence-corrected chi connectivity index (χ3v) is 4.63. The van der Waals surface area contributed by atoms with Crippen LogP contribution in [0.15, 0.2) is 54.6 Å². The van der Waals surface area contributed by atoms with Crippen LogP contribution < -0.4 is 5.32 Å². The average Bonchev–Trinajstić information content (AvgIpc) is 2.62. The highest BCUT2D eigenvalue weighted by atomic mass is 32.2. The van der Waals surface area contributed by atoms with Crippen molar-refractivity contribution >= 4 is 23.6 Å². The molecular weight excluding hydrogens is 334 g/mol.